The molecule has 0 aromatic heterocycles. The molecule has 0 aromatic carbocycles. The Bertz CT molecular complexity index is 306. The van der Waals surface area contributed by atoms with Gasteiger partial charge in [0.2, 0.25) is 0 Å². The number of rotatable bonds is 7. The minimum atomic E-state index is -0.937. The molecule has 0 bridgehead atoms. The van der Waals surface area contributed by atoms with Crippen molar-refractivity contribution >= 4 is 18.0 Å². The minimum absolute atomic E-state index is 0.0491. The van der Waals surface area contributed by atoms with Gasteiger partial charge in [-0.1, -0.05) is 13.3 Å². The zero-order valence-corrected chi connectivity index (χ0v) is 10.9. The molecular weight excluding hydrogens is 240 g/mol. The number of carbonyl (C=O) groups is 3. The van der Waals surface area contributed by atoms with E-state index in [1.54, 1.807) is 0 Å². The quantitative estimate of drug-likeness (QED) is 0.642. The average molecular weight is 260 g/mol. The number of nitrogens with zero attached hydrogens (tertiary/aromatic N) is 1. The van der Waals surface area contributed by atoms with Gasteiger partial charge in [-0.15, -0.1) is 0 Å². The summed E-state index contributed by atoms with van der Waals surface area (Å²) in [5.74, 6) is -2.07. The molecule has 7 nitrogen and oxygen atoms in total. The molecule has 2 N–H and O–H groups in total. The Hall–Kier alpha value is -1.79. The van der Waals surface area contributed by atoms with Gasteiger partial charge in [-0.2, -0.15) is 0 Å². The lowest BCUT2D eigenvalue weighted by Gasteiger charge is -2.18. The van der Waals surface area contributed by atoms with E-state index >= 15 is 0 Å². The number of hydrogen-bond donors (Lipinski definition) is 2. The molecule has 104 valence electrons. The number of amides is 2. The molecule has 0 radical (unpaired) electrons. The molecule has 0 fully saturated rings. The molecule has 1 atom stereocenters. The third kappa shape index (κ3) is 6.07. The van der Waals surface area contributed by atoms with Crippen LogP contribution in [0.1, 0.15) is 19.8 Å². The van der Waals surface area contributed by atoms with Crippen molar-refractivity contribution < 1.29 is 24.2 Å². The van der Waals surface area contributed by atoms with Gasteiger partial charge in [-0.3, -0.25) is 9.59 Å². The highest BCUT2D eigenvalue weighted by atomic mass is 16.5. The maximum Gasteiger partial charge on any atom is 0.325 e. The standard InChI is InChI=1S/C11H20N2O5/c1-4-5-8(10(15)16)6-12-11(17)13(2)7-9(14)18-3/h8H,4-7H2,1-3H3,(H,12,17)(H,15,16). The zero-order chi connectivity index (χ0) is 14.1. The van der Waals surface area contributed by atoms with Gasteiger partial charge < -0.3 is 20.1 Å². The van der Waals surface area contributed by atoms with Crippen molar-refractivity contribution in [3.05, 3.63) is 0 Å². The van der Waals surface area contributed by atoms with Gasteiger partial charge in [0.25, 0.3) is 0 Å². The molecule has 0 spiro atoms. The lowest BCUT2D eigenvalue weighted by Crippen LogP contribution is -2.43. The van der Waals surface area contributed by atoms with Gasteiger partial charge in [-0.05, 0) is 6.42 Å². The number of carboxylic acid groups (broad SMARTS) is 1. The molecule has 0 saturated heterocycles. The highest BCUT2D eigenvalue weighted by Crippen LogP contribution is 2.05. The molecule has 7 heteroatoms. The number of nitrogens with one attached hydrogen (secondary N) is 1. The van der Waals surface area contributed by atoms with Gasteiger partial charge in [0.1, 0.15) is 6.54 Å². The van der Waals surface area contributed by atoms with Crippen LogP contribution < -0.4 is 5.32 Å². The van der Waals surface area contributed by atoms with Crippen LogP contribution in [0.3, 0.4) is 0 Å². The zero-order valence-electron chi connectivity index (χ0n) is 10.9. The summed E-state index contributed by atoms with van der Waals surface area (Å²) in [6, 6.07) is -0.497. The van der Waals surface area contributed by atoms with E-state index in [9.17, 15) is 14.4 Å². The van der Waals surface area contributed by atoms with Crippen LogP contribution in [0.4, 0.5) is 4.79 Å². The van der Waals surface area contributed by atoms with Crippen molar-refractivity contribution in [1.29, 1.82) is 0 Å². The summed E-state index contributed by atoms with van der Waals surface area (Å²) in [5.41, 5.74) is 0. The molecule has 0 aliphatic rings. The van der Waals surface area contributed by atoms with Gasteiger partial charge in [0, 0.05) is 13.6 Å². The maximum atomic E-state index is 11.5. The summed E-state index contributed by atoms with van der Waals surface area (Å²) in [4.78, 5) is 34.5. The Labute approximate surface area is 106 Å². The number of methoxy groups -OCH3 is 1. The first-order valence-electron chi connectivity index (χ1n) is 5.70. The number of likely N-dealkylation sites (N-methyl/N-ethyl adjacent to an activating group) is 1. The fourth-order valence-corrected chi connectivity index (χ4v) is 1.34. The molecule has 0 aliphatic carbocycles. The Morgan fingerprint density at radius 2 is 2.00 bits per heavy atom. The fourth-order valence-electron chi connectivity index (χ4n) is 1.34. The number of hydrogen-bond acceptors (Lipinski definition) is 4. The van der Waals surface area contributed by atoms with Gasteiger partial charge in [-0.25, -0.2) is 4.79 Å². The van der Waals surface area contributed by atoms with E-state index in [2.05, 4.69) is 10.1 Å². The topological polar surface area (TPSA) is 95.9 Å². The van der Waals surface area contributed by atoms with E-state index in [-0.39, 0.29) is 13.1 Å². The molecule has 0 rings (SSSR count). The SMILES string of the molecule is CCCC(CNC(=O)N(C)CC(=O)OC)C(=O)O. The van der Waals surface area contributed by atoms with Crippen molar-refractivity contribution in [2.45, 2.75) is 19.8 Å². The first-order valence-corrected chi connectivity index (χ1v) is 5.70. The van der Waals surface area contributed by atoms with Crippen LogP contribution in [0, 0.1) is 5.92 Å². The molecule has 0 aromatic rings. The average Bonchev–Trinajstić information content (AvgIpc) is 2.33. The molecule has 2 amide bonds. The van der Waals surface area contributed by atoms with Crippen molar-refractivity contribution in [1.82, 2.24) is 10.2 Å². The highest BCUT2D eigenvalue weighted by molar-refractivity contribution is 5.81. The summed E-state index contributed by atoms with van der Waals surface area (Å²) in [6.07, 6.45) is 1.22. The van der Waals surface area contributed by atoms with E-state index in [1.165, 1.54) is 14.2 Å². The van der Waals surface area contributed by atoms with Gasteiger partial charge in [0.15, 0.2) is 0 Å². The second-order valence-electron chi connectivity index (χ2n) is 3.94. The van der Waals surface area contributed by atoms with E-state index < -0.39 is 23.9 Å². The predicted octanol–water partition coefficient (Wildman–Crippen LogP) is 0.302. The normalized spacial score (nSPS) is 11.5. The lowest BCUT2D eigenvalue weighted by atomic mass is 10.0. The van der Waals surface area contributed by atoms with Crippen molar-refractivity contribution in [3.63, 3.8) is 0 Å². The van der Waals surface area contributed by atoms with Crippen LogP contribution in [0.5, 0.6) is 0 Å². The Morgan fingerprint density at radius 1 is 1.39 bits per heavy atom. The van der Waals surface area contributed by atoms with Gasteiger partial charge >= 0.3 is 18.0 Å². The van der Waals surface area contributed by atoms with Crippen molar-refractivity contribution in [2.24, 2.45) is 5.92 Å². The van der Waals surface area contributed by atoms with Crippen LogP contribution in [0.15, 0.2) is 0 Å². The number of esters is 1. The smallest absolute Gasteiger partial charge is 0.325 e. The molecule has 0 heterocycles. The van der Waals surface area contributed by atoms with E-state index in [4.69, 9.17) is 5.11 Å². The van der Waals surface area contributed by atoms with Crippen molar-refractivity contribution in [3.8, 4) is 0 Å². The largest absolute Gasteiger partial charge is 0.481 e. The highest BCUT2D eigenvalue weighted by Gasteiger charge is 2.19. The second-order valence-corrected chi connectivity index (χ2v) is 3.94. The number of carboxylic acids is 1. The maximum absolute atomic E-state index is 11.5. The summed E-state index contributed by atoms with van der Waals surface area (Å²) in [5, 5.41) is 11.4. The first-order chi connectivity index (χ1) is 8.42. The van der Waals surface area contributed by atoms with E-state index in [1.807, 2.05) is 6.92 Å². The Kier molecular flexibility index (Phi) is 7.50. The van der Waals surface area contributed by atoms with E-state index in [0.717, 1.165) is 11.3 Å². The second kappa shape index (κ2) is 8.32. The molecule has 1 unspecified atom stereocenters. The van der Waals surface area contributed by atoms with Crippen LogP contribution in [0.2, 0.25) is 0 Å². The summed E-state index contributed by atoms with van der Waals surface area (Å²) in [7, 11) is 2.66. The van der Waals surface area contributed by atoms with E-state index in [0.29, 0.717) is 6.42 Å². The molecular formula is C11H20N2O5. The summed E-state index contributed by atoms with van der Waals surface area (Å²) in [6.45, 7) is 1.75. The number of ether oxygens (including phenoxy) is 1. The summed E-state index contributed by atoms with van der Waals surface area (Å²) < 4.78 is 4.42. The predicted molar refractivity (Wildman–Crippen MR) is 64.1 cm³/mol. The van der Waals surface area contributed by atoms with Crippen LogP contribution >= 0.6 is 0 Å². The van der Waals surface area contributed by atoms with Crippen LogP contribution in [0.25, 0.3) is 0 Å². The fraction of sp³-hybridized carbons (Fsp3) is 0.727. The first kappa shape index (κ1) is 16.2. The monoisotopic (exact) mass is 260 g/mol. The van der Waals surface area contributed by atoms with Crippen LogP contribution in [-0.4, -0.2) is 55.2 Å². The lowest BCUT2D eigenvalue weighted by molar-refractivity contribution is -0.142. The number of carbonyl (C=O) groups excluding carboxylic acids is 2. The third-order valence-corrected chi connectivity index (χ3v) is 2.43. The number of urea groups is 1. The van der Waals surface area contributed by atoms with Crippen LogP contribution in [-0.2, 0) is 14.3 Å². The Morgan fingerprint density at radius 3 is 2.44 bits per heavy atom. The molecule has 18 heavy (non-hydrogen) atoms. The molecule has 0 aliphatic heterocycles. The third-order valence-electron chi connectivity index (χ3n) is 2.43. The Balaban J connectivity index is 4.14. The number of aliphatic carboxylic acids is 1. The van der Waals surface area contributed by atoms with Crippen molar-refractivity contribution in [2.75, 3.05) is 27.2 Å². The molecule has 0 saturated carbocycles. The van der Waals surface area contributed by atoms with Gasteiger partial charge in [0.05, 0.1) is 13.0 Å². The minimum Gasteiger partial charge on any atom is -0.481 e. The summed E-state index contributed by atoms with van der Waals surface area (Å²) >= 11 is 0.